The van der Waals surface area contributed by atoms with Crippen molar-refractivity contribution in [2.45, 2.75) is 38.3 Å². The van der Waals surface area contributed by atoms with E-state index in [1.807, 2.05) is 19.1 Å². The van der Waals surface area contributed by atoms with Crippen molar-refractivity contribution in [3.63, 3.8) is 0 Å². The summed E-state index contributed by atoms with van der Waals surface area (Å²) in [5, 5.41) is 9.58. The van der Waals surface area contributed by atoms with Gasteiger partial charge in [0.25, 0.3) is 5.91 Å². The SMILES string of the molecule is CCC(C)(OC)C(=O)N1CCc2ccccc2C1C(=O)O. The molecule has 5 heteroatoms. The number of hydrogen-bond acceptors (Lipinski definition) is 3. The third-order valence-electron chi connectivity index (χ3n) is 4.36. The highest BCUT2D eigenvalue weighted by Crippen LogP contribution is 2.32. The molecule has 0 saturated heterocycles. The zero-order valence-corrected chi connectivity index (χ0v) is 12.6. The fourth-order valence-corrected chi connectivity index (χ4v) is 2.74. The van der Waals surface area contributed by atoms with E-state index in [1.165, 1.54) is 12.0 Å². The van der Waals surface area contributed by atoms with Crippen LogP contribution < -0.4 is 0 Å². The van der Waals surface area contributed by atoms with Crippen LogP contribution in [0.25, 0.3) is 0 Å². The molecule has 2 rings (SSSR count). The summed E-state index contributed by atoms with van der Waals surface area (Å²) >= 11 is 0. The van der Waals surface area contributed by atoms with E-state index in [0.717, 1.165) is 5.56 Å². The van der Waals surface area contributed by atoms with Crippen LogP contribution in [0.15, 0.2) is 24.3 Å². The monoisotopic (exact) mass is 291 g/mol. The number of benzene rings is 1. The number of amides is 1. The Morgan fingerprint density at radius 1 is 1.43 bits per heavy atom. The van der Waals surface area contributed by atoms with Crippen LogP contribution in [-0.4, -0.2) is 41.1 Å². The fraction of sp³-hybridized carbons (Fsp3) is 0.500. The average Bonchev–Trinajstić information content (AvgIpc) is 2.51. The molecule has 1 aliphatic rings. The van der Waals surface area contributed by atoms with Gasteiger partial charge in [-0.1, -0.05) is 31.2 Å². The summed E-state index contributed by atoms with van der Waals surface area (Å²) in [4.78, 5) is 25.9. The Kier molecular flexibility index (Phi) is 4.32. The van der Waals surface area contributed by atoms with Crippen molar-refractivity contribution in [2.75, 3.05) is 13.7 Å². The summed E-state index contributed by atoms with van der Waals surface area (Å²) in [5.74, 6) is -1.28. The molecule has 1 aromatic rings. The van der Waals surface area contributed by atoms with Crippen molar-refractivity contribution in [2.24, 2.45) is 0 Å². The van der Waals surface area contributed by atoms with Gasteiger partial charge in [-0.2, -0.15) is 0 Å². The maximum Gasteiger partial charge on any atom is 0.331 e. The Labute approximate surface area is 124 Å². The molecule has 1 aromatic carbocycles. The van der Waals surface area contributed by atoms with Crippen LogP contribution in [0.2, 0.25) is 0 Å². The van der Waals surface area contributed by atoms with E-state index >= 15 is 0 Å². The number of fused-ring (bicyclic) bond motifs is 1. The van der Waals surface area contributed by atoms with Crippen molar-refractivity contribution in [1.82, 2.24) is 4.90 Å². The highest BCUT2D eigenvalue weighted by Gasteiger charge is 2.42. The second-order valence-corrected chi connectivity index (χ2v) is 5.48. The normalized spacial score (nSPS) is 20.5. The van der Waals surface area contributed by atoms with Crippen LogP contribution in [0, 0.1) is 0 Å². The number of carboxylic acid groups (broad SMARTS) is 1. The van der Waals surface area contributed by atoms with E-state index in [0.29, 0.717) is 24.9 Å². The molecule has 0 saturated carbocycles. The lowest BCUT2D eigenvalue weighted by Crippen LogP contribution is -2.53. The number of ether oxygens (including phenoxy) is 1. The lowest BCUT2D eigenvalue weighted by atomic mass is 9.90. The molecule has 2 unspecified atom stereocenters. The predicted molar refractivity (Wildman–Crippen MR) is 77.9 cm³/mol. The molecule has 5 nitrogen and oxygen atoms in total. The van der Waals surface area contributed by atoms with Gasteiger partial charge >= 0.3 is 5.97 Å². The molecule has 1 heterocycles. The van der Waals surface area contributed by atoms with Crippen LogP contribution in [0.3, 0.4) is 0 Å². The molecule has 0 bridgehead atoms. The number of aliphatic carboxylic acids is 1. The molecule has 2 atom stereocenters. The quantitative estimate of drug-likeness (QED) is 0.921. The first-order valence-electron chi connectivity index (χ1n) is 7.11. The Balaban J connectivity index is 2.42. The van der Waals surface area contributed by atoms with E-state index < -0.39 is 17.6 Å². The van der Waals surface area contributed by atoms with E-state index in [4.69, 9.17) is 4.74 Å². The van der Waals surface area contributed by atoms with Gasteiger partial charge in [0.2, 0.25) is 0 Å². The van der Waals surface area contributed by atoms with Crippen molar-refractivity contribution >= 4 is 11.9 Å². The number of methoxy groups -OCH3 is 1. The van der Waals surface area contributed by atoms with E-state index in [1.54, 1.807) is 19.1 Å². The number of nitrogens with zero attached hydrogens (tertiary/aromatic N) is 1. The first kappa shape index (κ1) is 15.5. The molecule has 0 fully saturated rings. The van der Waals surface area contributed by atoms with Crippen molar-refractivity contribution < 1.29 is 19.4 Å². The van der Waals surface area contributed by atoms with Crippen LogP contribution in [0.1, 0.15) is 37.4 Å². The van der Waals surface area contributed by atoms with Crippen LogP contribution >= 0.6 is 0 Å². The molecule has 0 spiro atoms. The van der Waals surface area contributed by atoms with Crippen LogP contribution in [0.5, 0.6) is 0 Å². The molecule has 114 valence electrons. The molecule has 21 heavy (non-hydrogen) atoms. The van der Waals surface area contributed by atoms with Crippen LogP contribution in [0.4, 0.5) is 0 Å². The van der Waals surface area contributed by atoms with Gasteiger partial charge in [0, 0.05) is 13.7 Å². The standard InChI is InChI=1S/C16H21NO4/c1-4-16(2,21-3)15(20)17-10-9-11-7-5-6-8-12(11)13(17)14(18)19/h5-8,13H,4,9-10H2,1-3H3,(H,18,19). The number of hydrogen-bond donors (Lipinski definition) is 1. The van der Waals surface area contributed by atoms with Gasteiger partial charge in [0.15, 0.2) is 6.04 Å². The van der Waals surface area contributed by atoms with Gasteiger partial charge in [0.1, 0.15) is 5.60 Å². The first-order chi connectivity index (χ1) is 9.94. The predicted octanol–water partition coefficient (Wildman–Crippen LogP) is 2.01. The molecule has 0 radical (unpaired) electrons. The van der Waals surface area contributed by atoms with Gasteiger partial charge in [-0.3, -0.25) is 4.79 Å². The minimum Gasteiger partial charge on any atom is -0.479 e. The number of carbonyl (C=O) groups excluding carboxylic acids is 1. The van der Waals surface area contributed by atoms with Gasteiger partial charge in [-0.05, 0) is 30.9 Å². The summed E-state index contributed by atoms with van der Waals surface area (Å²) in [6.07, 6.45) is 1.15. The van der Waals surface area contributed by atoms with Crippen molar-refractivity contribution in [3.8, 4) is 0 Å². The molecule has 0 aromatic heterocycles. The molecule has 1 amide bonds. The van der Waals surface area contributed by atoms with Crippen molar-refractivity contribution in [1.29, 1.82) is 0 Å². The van der Waals surface area contributed by atoms with Gasteiger partial charge in [-0.25, -0.2) is 4.79 Å². The smallest absolute Gasteiger partial charge is 0.331 e. The number of carbonyl (C=O) groups is 2. The average molecular weight is 291 g/mol. The Morgan fingerprint density at radius 2 is 2.10 bits per heavy atom. The Bertz CT molecular complexity index is 551. The summed E-state index contributed by atoms with van der Waals surface area (Å²) in [5.41, 5.74) is 0.698. The second kappa shape index (κ2) is 5.85. The lowest BCUT2D eigenvalue weighted by Gasteiger charge is -2.39. The van der Waals surface area contributed by atoms with E-state index in [-0.39, 0.29) is 5.91 Å². The summed E-state index contributed by atoms with van der Waals surface area (Å²) in [6.45, 7) is 3.95. The van der Waals surface area contributed by atoms with Gasteiger partial charge in [0.05, 0.1) is 0 Å². The number of rotatable bonds is 4. The molecule has 1 N–H and O–H groups in total. The maximum atomic E-state index is 12.7. The molecular formula is C16H21NO4. The highest BCUT2D eigenvalue weighted by molar-refractivity contribution is 5.90. The lowest BCUT2D eigenvalue weighted by molar-refractivity contribution is -0.163. The number of carboxylic acids is 1. The zero-order valence-electron chi connectivity index (χ0n) is 12.6. The minimum absolute atomic E-state index is 0.269. The third kappa shape index (κ3) is 2.65. The first-order valence-corrected chi connectivity index (χ1v) is 7.11. The third-order valence-corrected chi connectivity index (χ3v) is 4.36. The highest BCUT2D eigenvalue weighted by atomic mass is 16.5. The van der Waals surface area contributed by atoms with Gasteiger partial charge in [-0.15, -0.1) is 0 Å². The van der Waals surface area contributed by atoms with Gasteiger partial charge < -0.3 is 14.7 Å². The fourth-order valence-electron chi connectivity index (χ4n) is 2.74. The Morgan fingerprint density at radius 3 is 2.67 bits per heavy atom. The second-order valence-electron chi connectivity index (χ2n) is 5.48. The summed E-state index contributed by atoms with van der Waals surface area (Å²) < 4.78 is 5.33. The molecule has 1 aliphatic heterocycles. The zero-order chi connectivity index (χ0) is 15.6. The largest absolute Gasteiger partial charge is 0.479 e. The molecular weight excluding hydrogens is 270 g/mol. The topological polar surface area (TPSA) is 66.8 Å². The Hall–Kier alpha value is -1.88. The minimum atomic E-state index is -1.01. The van der Waals surface area contributed by atoms with E-state index in [2.05, 4.69) is 0 Å². The maximum absolute atomic E-state index is 12.7. The van der Waals surface area contributed by atoms with Crippen molar-refractivity contribution in [3.05, 3.63) is 35.4 Å². The summed E-state index contributed by atoms with van der Waals surface area (Å²) in [6, 6.07) is 6.45. The van der Waals surface area contributed by atoms with Crippen LogP contribution in [-0.2, 0) is 20.7 Å². The molecule has 0 aliphatic carbocycles. The summed E-state index contributed by atoms with van der Waals surface area (Å²) in [7, 11) is 1.48. The van der Waals surface area contributed by atoms with E-state index in [9.17, 15) is 14.7 Å².